The summed E-state index contributed by atoms with van der Waals surface area (Å²) < 4.78 is 132. The van der Waals surface area contributed by atoms with Crippen molar-refractivity contribution in [3.05, 3.63) is 89.5 Å². The third-order valence-corrected chi connectivity index (χ3v) is 17.3. The highest BCUT2D eigenvalue weighted by atomic mass is 19.5. The minimum Gasteiger partial charge on any atom is -0.418 e. The number of halogens is 12. The summed E-state index contributed by atoms with van der Waals surface area (Å²) >= 11 is 0. The summed E-state index contributed by atoms with van der Waals surface area (Å²) in [5.41, 5.74) is 8.88. The molecule has 0 aliphatic carbocycles. The number of hydrogen-bond donors (Lipinski definition) is 0. The molecule has 4 aromatic rings. The average Bonchev–Trinajstić information content (AvgIpc) is 1.81. The van der Waals surface area contributed by atoms with Crippen LogP contribution in [0.15, 0.2) is 56.2 Å². The van der Waals surface area contributed by atoms with Gasteiger partial charge in [-0.15, -0.1) is 0 Å². The molecule has 21 heteroatoms. The Morgan fingerprint density at radius 1 is 0.256 bits per heavy atom. The molecule has 0 saturated heterocycles. The van der Waals surface area contributed by atoms with Crippen molar-refractivity contribution in [1.82, 2.24) is 13.7 Å². The molecule has 0 saturated carbocycles. The molecule has 0 aliphatic rings. The molecular formula is C69H123B3F12N6. The van der Waals surface area contributed by atoms with Gasteiger partial charge in [0.1, 0.15) is 56.8 Å². The second-order valence-electron chi connectivity index (χ2n) is 25.6. The number of rotatable bonds is 51. The molecule has 1 aromatic carbocycles. The van der Waals surface area contributed by atoms with Gasteiger partial charge >= 0.3 is 21.8 Å². The molecule has 0 atom stereocenters. The van der Waals surface area contributed by atoms with E-state index in [1.165, 1.54) is 303 Å². The fourth-order valence-corrected chi connectivity index (χ4v) is 12.1. The molecule has 0 amide bonds. The molecule has 0 bridgehead atoms. The molecular weight excluding hydrogens is 1170 g/mol. The lowest BCUT2D eigenvalue weighted by Gasteiger charge is -2.20. The van der Waals surface area contributed by atoms with Crippen LogP contribution in [0.2, 0.25) is 0 Å². The third-order valence-electron chi connectivity index (χ3n) is 17.3. The fourth-order valence-electron chi connectivity index (χ4n) is 12.1. The van der Waals surface area contributed by atoms with E-state index >= 15 is 0 Å². The Balaban J connectivity index is 0.00000240. The largest absolute Gasteiger partial charge is 0.673 e. The minimum absolute atomic E-state index is 0.916. The number of benzene rings is 1. The number of nitrogens with zero attached hydrogens (tertiary/aromatic N) is 6. The van der Waals surface area contributed by atoms with Crippen LogP contribution in [0, 0.1) is 20.8 Å². The van der Waals surface area contributed by atoms with Gasteiger partial charge in [0.25, 0.3) is 0 Å². The van der Waals surface area contributed by atoms with Crippen molar-refractivity contribution in [2.45, 2.75) is 350 Å². The molecule has 3 heterocycles. The lowest BCUT2D eigenvalue weighted by molar-refractivity contribution is -0.690. The van der Waals surface area contributed by atoms with Crippen molar-refractivity contribution in [3.63, 3.8) is 0 Å². The van der Waals surface area contributed by atoms with E-state index in [4.69, 9.17) is 0 Å². The zero-order valence-corrected chi connectivity index (χ0v) is 57.1. The fraction of sp³-hybridized carbons (Fsp3) is 0.783. The van der Waals surface area contributed by atoms with Crippen LogP contribution in [0.4, 0.5) is 51.8 Å². The van der Waals surface area contributed by atoms with Gasteiger partial charge in [-0.3, -0.25) is 0 Å². The molecule has 0 unspecified atom stereocenters. The molecule has 90 heavy (non-hydrogen) atoms. The SMILES string of the molecule is CCCCCCCCCCCCCCCCn1cc[n+](Cc2c(C)c(C[n+]3ccn(CCCCCCCCCCCCCCCC)c3)c(C)c(C[n+]3ccn(CCCCCCCCCCCCCCCC)c3)c2C)c1.F[B-](F)(F)F.F[B-](F)(F)F.F[B-](F)(F)F. The van der Waals surface area contributed by atoms with Crippen LogP contribution < -0.4 is 13.7 Å². The van der Waals surface area contributed by atoms with Crippen molar-refractivity contribution >= 4 is 21.8 Å². The number of hydrogen-bond acceptors (Lipinski definition) is 0. The lowest BCUT2D eigenvalue weighted by atomic mass is 9.87. The van der Waals surface area contributed by atoms with Gasteiger partial charge in [-0.2, -0.15) is 0 Å². The van der Waals surface area contributed by atoms with E-state index in [1.54, 1.807) is 0 Å². The first kappa shape index (κ1) is 84.2. The Morgan fingerprint density at radius 2 is 0.400 bits per heavy atom. The number of aromatic nitrogens is 6. The van der Waals surface area contributed by atoms with Crippen LogP contribution in [0.1, 0.15) is 324 Å². The van der Waals surface area contributed by atoms with Crippen LogP contribution >= 0.6 is 0 Å². The van der Waals surface area contributed by atoms with E-state index in [0.717, 1.165) is 39.3 Å². The monoisotopic (exact) mass is 1300 g/mol. The van der Waals surface area contributed by atoms with Crippen LogP contribution in [-0.2, 0) is 39.3 Å². The highest BCUT2D eigenvalue weighted by Crippen LogP contribution is 2.28. The lowest BCUT2D eigenvalue weighted by Crippen LogP contribution is -2.37. The van der Waals surface area contributed by atoms with Crippen molar-refractivity contribution in [2.24, 2.45) is 0 Å². The van der Waals surface area contributed by atoms with E-state index in [9.17, 15) is 51.8 Å². The van der Waals surface area contributed by atoms with E-state index in [0.29, 0.717) is 0 Å². The molecule has 0 fully saturated rings. The number of unbranched alkanes of at least 4 members (excludes halogenated alkanes) is 39. The van der Waals surface area contributed by atoms with E-state index in [-0.39, 0.29) is 0 Å². The minimum atomic E-state index is -6.00. The quantitative estimate of drug-likeness (QED) is 0.0182. The van der Waals surface area contributed by atoms with Gasteiger partial charge in [-0.05, 0) is 76.0 Å². The standard InChI is InChI=1S/C69H123N6.3BF4/c1-7-10-13-16-19-22-25-28-31-34-37-40-43-46-49-70-52-55-73(61-70)58-67-64(4)68(59-74-56-53-71(62-74)50-47-44-41-38-35-32-29-26-23-20-17-14-11-8-2)66(6)69(65(67)5)60-75-57-54-72(63-75)51-48-45-42-39-36-33-30-27-24-21-18-15-12-9-3;3*2-1(3,4)5/h52-57,61-63H,7-51,58-60H2,1-6H3;;;/q+3;3*-1. The first-order chi connectivity index (χ1) is 42.9. The summed E-state index contributed by atoms with van der Waals surface area (Å²) in [5, 5.41) is 0. The van der Waals surface area contributed by atoms with Gasteiger partial charge in [-0.25, -0.2) is 27.4 Å². The summed E-state index contributed by atoms with van der Waals surface area (Å²) in [7, 11) is -18.0. The Labute approximate surface area is 538 Å². The van der Waals surface area contributed by atoms with Crippen molar-refractivity contribution < 1.29 is 65.5 Å². The summed E-state index contributed by atoms with van der Waals surface area (Å²) in [6, 6.07) is 0. The van der Waals surface area contributed by atoms with Gasteiger partial charge in [0.05, 0.1) is 19.6 Å². The van der Waals surface area contributed by atoms with Gasteiger partial charge in [0.2, 0.25) is 19.0 Å². The maximum Gasteiger partial charge on any atom is 0.673 e. The predicted molar refractivity (Wildman–Crippen MR) is 353 cm³/mol. The van der Waals surface area contributed by atoms with Crippen LogP contribution in [0.5, 0.6) is 0 Å². The first-order valence-corrected chi connectivity index (χ1v) is 35.8. The summed E-state index contributed by atoms with van der Waals surface area (Å²) in [6.45, 7) is 20.3. The van der Waals surface area contributed by atoms with Crippen LogP contribution in [0.3, 0.4) is 0 Å². The third kappa shape index (κ3) is 50.7. The Bertz CT molecular complexity index is 2010. The van der Waals surface area contributed by atoms with Crippen LogP contribution in [-0.4, -0.2) is 35.5 Å². The van der Waals surface area contributed by atoms with Crippen LogP contribution in [0.25, 0.3) is 0 Å². The molecule has 0 radical (unpaired) electrons. The molecule has 0 N–H and O–H groups in total. The normalized spacial score (nSPS) is 11.8. The van der Waals surface area contributed by atoms with E-state index in [2.05, 4.69) is 125 Å². The Kier molecular flexibility index (Phi) is 49.2. The number of imidazole rings is 3. The average molecular weight is 1300 g/mol. The van der Waals surface area contributed by atoms with Gasteiger partial charge in [-0.1, -0.05) is 252 Å². The molecule has 0 spiro atoms. The summed E-state index contributed by atoms with van der Waals surface area (Å²) in [6.07, 6.45) is 80.2. The molecule has 0 aliphatic heterocycles. The van der Waals surface area contributed by atoms with Crippen molar-refractivity contribution in [1.29, 1.82) is 0 Å². The highest BCUT2D eigenvalue weighted by molar-refractivity contribution is 6.50. The molecule has 3 aromatic heterocycles. The second kappa shape index (κ2) is 52.6. The number of aryl methyl sites for hydroxylation is 3. The Morgan fingerprint density at radius 3 is 0.556 bits per heavy atom. The van der Waals surface area contributed by atoms with Crippen molar-refractivity contribution in [2.75, 3.05) is 0 Å². The topological polar surface area (TPSA) is 26.4 Å². The van der Waals surface area contributed by atoms with Crippen molar-refractivity contribution in [3.8, 4) is 0 Å². The zero-order chi connectivity index (χ0) is 66.7. The molecule has 4 rings (SSSR count). The Hall–Kier alpha value is -3.80. The van der Waals surface area contributed by atoms with Gasteiger partial charge < -0.3 is 51.8 Å². The first-order valence-electron chi connectivity index (χ1n) is 35.8. The molecule has 522 valence electrons. The second-order valence-corrected chi connectivity index (χ2v) is 25.6. The summed E-state index contributed by atoms with van der Waals surface area (Å²) in [5.74, 6) is 0. The van der Waals surface area contributed by atoms with E-state index < -0.39 is 21.8 Å². The van der Waals surface area contributed by atoms with E-state index in [1.807, 2.05) is 0 Å². The maximum absolute atomic E-state index is 9.75. The predicted octanol–water partition coefficient (Wildman–Crippen LogP) is 23.4. The molecule has 6 nitrogen and oxygen atoms in total. The van der Waals surface area contributed by atoms with Gasteiger partial charge in [0.15, 0.2) is 0 Å². The summed E-state index contributed by atoms with van der Waals surface area (Å²) in [4.78, 5) is 0. The maximum atomic E-state index is 9.75. The smallest absolute Gasteiger partial charge is 0.418 e. The highest BCUT2D eigenvalue weighted by Gasteiger charge is 2.24. The van der Waals surface area contributed by atoms with Gasteiger partial charge in [0, 0.05) is 16.7 Å². The zero-order valence-electron chi connectivity index (χ0n) is 57.1.